The van der Waals surface area contributed by atoms with E-state index in [0.29, 0.717) is 0 Å². The van der Waals surface area contributed by atoms with Crippen molar-refractivity contribution in [3.63, 3.8) is 0 Å². The number of aryl methyl sites for hydroxylation is 1. The van der Waals surface area contributed by atoms with Crippen molar-refractivity contribution >= 4 is 42.9 Å². The van der Waals surface area contributed by atoms with Crippen LogP contribution in [0.3, 0.4) is 0 Å². The first-order chi connectivity index (χ1) is 9.95. The number of halogens is 2. The van der Waals surface area contributed by atoms with E-state index in [1.165, 1.54) is 5.56 Å². The second-order valence-electron chi connectivity index (χ2n) is 5.00. The Labute approximate surface area is 138 Å². The molecule has 1 atom stereocenters. The first-order valence-corrected chi connectivity index (χ1v) is 7.97. The summed E-state index contributed by atoms with van der Waals surface area (Å²) in [6.07, 6.45) is 0. The lowest BCUT2D eigenvalue weighted by molar-refractivity contribution is 0.861. The molecule has 4 N–H and O–H groups in total. The van der Waals surface area contributed by atoms with Gasteiger partial charge in [0.15, 0.2) is 0 Å². The molecule has 0 aliphatic heterocycles. The van der Waals surface area contributed by atoms with Crippen LogP contribution in [-0.2, 0) is 0 Å². The summed E-state index contributed by atoms with van der Waals surface area (Å²) in [6.45, 7) is 2.03. The molecule has 0 fully saturated rings. The first kappa shape index (κ1) is 14.6. The lowest BCUT2D eigenvalue weighted by atomic mass is 9.98. The van der Waals surface area contributed by atoms with Crippen LogP contribution in [0.2, 0.25) is 0 Å². The van der Waals surface area contributed by atoms with Crippen LogP contribution in [0.25, 0.3) is 11.0 Å². The molecule has 0 saturated heterocycles. The van der Waals surface area contributed by atoms with Gasteiger partial charge in [-0.05, 0) is 41.8 Å². The van der Waals surface area contributed by atoms with Crippen molar-refractivity contribution in [3.05, 3.63) is 66.5 Å². The van der Waals surface area contributed by atoms with Crippen LogP contribution in [0.15, 0.2) is 44.1 Å². The molecule has 0 saturated carbocycles. The zero-order valence-corrected chi connectivity index (χ0v) is 14.4. The summed E-state index contributed by atoms with van der Waals surface area (Å²) < 4.78 is 1.84. The number of hydrogen-bond donors (Lipinski definition) is 3. The number of H-pyrrole nitrogens is 2. The maximum atomic E-state index is 11.4. The average molecular weight is 411 g/mol. The fourth-order valence-corrected chi connectivity index (χ4v) is 3.69. The summed E-state index contributed by atoms with van der Waals surface area (Å²) in [5, 5.41) is 0. The minimum Gasteiger partial charge on any atom is -0.320 e. The van der Waals surface area contributed by atoms with E-state index in [4.69, 9.17) is 5.73 Å². The molecule has 108 valence electrons. The number of rotatable bonds is 2. The van der Waals surface area contributed by atoms with Crippen LogP contribution in [0.5, 0.6) is 0 Å². The molecular formula is C15H13Br2N3O. The standard InChI is InChI=1S/C15H13Br2N3O/c1-7-2-3-8(10(16)4-7)14(18)9-5-12-13(6-11(9)17)20-15(21)19-12/h2-6,14H,18H2,1H3,(H2,19,20,21). The number of imidazole rings is 1. The molecule has 3 rings (SSSR count). The normalized spacial score (nSPS) is 12.8. The molecule has 6 heteroatoms. The summed E-state index contributed by atoms with van der Waals surface area (Å²) in [7, 11) is 0. The van der Waals surface area contributed by atoms with Gasteiger partial charge in [0.2, 0.25) is 0 Å². The minimum absolute atomic E-state index is 0.223. The van der Waals surface area contributed by atoms with Crippen LogP contribution in [-0.4, -0.2) is 9.97 Å². The summed E-state index contributed by atoms with van der Waals surface area (Å²) in [5.41, 5.74) is 10.8. The summed E-state index contributed by atoms with van der Waals surface area (Å²) in [4.78, 5) is 16.9. The predicted molar refractivity (Wildman–Crippen MR) is 91.5 cm³/mol. The largest absolute Gasteiger partial charge is 0.323 e. The smallest absolute Gasteiger partial charge is 0.320 e. The van der Waals surface area contributed by atoms with Gasteiger partial charge in [-0.3, -0.25) is 0 Å². The van der Waals surface area contributed by atoms with E-state index in [-0.39, 0.29) is 11.7 Å². The third-order valence-corrected chi connectivity index (χ3v) is 4.83. The molecule has 0 bridgehead atoms. The quantitative estimate of drug-likeness (QED) is 0.601. The van der Waals surface area contributed by atoms with E-state index < -0.39 is 0 Å². The summed E-state index contributed by atoms with van der Waals surface area (Å²) >= 11 is 7.10. The molecule has 0 aliphatic rings. The molecule has 21 heavy (non-hydrogen) atoms. The van der Waals surface area contributed by atoms with Gasteiger partial charge in [-0.15, -0.1) is 0 Å². The van der Waals surface area contributed by atoms with Crippen molar-refractivity contribution in [2.45, 2.75) is 13.0 Å². The highest BCUT2D eigenvalue weighted by atomic mass is 79.9. The molecule has 0 radical (unpaired) electrons. The molecule has 0 spiro atoms. The molecular weight excluding hydrogens is 398 g/mol. The van der Waals surface area contributed by atoms with Gasteiger partial charge in [0.1, 0.15) is 0 Å². The van der Waals surface area contributed by atoms with Crippen LogP contribution < -0.4 is 11.4 Å². The van der Waals surface area contributed by atoms with Gasteiger partial charge in [0.25, 0.3) is 0 Å². The monoisotopic (exact) mass is 409 g/mol. The van der Waals surface area contributed by atoms with E-state index in [2.05, 4.69) is 41.8 Å². The number of aromatic nitrogens is 2. The zero-order valence-electron chi connectivity index (χ0n) is 11.2. The van der Waals surface area contributed by atoms with E-state index >= 15 is 0 Å². The molecule has 3 aromatic rings. The Morgan fingerprint density at radius 1 is 1.00 bits per heavy atom. The minimum atomic E-state index is -0.294. The number of benzene rings is 2. The van der Waals surface area contributed by atoms with Crippen molar-refractivity contribution < 1.29 is 0 Å². The predicted octanol–water partition coefficient (Wildman–Crippen LogP) is 3.74. The van der Waals surface area contributed by atoms with Crippen molar-refractivity contribution in [2.24, 2.45) is 5.73 Å². The SMILES string of the molecule is Cc1ccc(C(N)c2cc3[nH]c(=O)[nH]c3cc2Br)c(Br)c1. The van der Waals surface area contributed by atoms with Gasteiger partial charge in [-0.1, -0.05) is 44.0 Å². The highest BCUT2D eigenvalue weighted by Crippen LogP contribution is 2.33. The molecule has 4 nitrogen and oxygen atoms in total. The summed E-state index contributed by atoms with van der Waals surface area (Å²) in [5.74, 6) is 0. The Morgan fingerprint density at radius 2 is 1.62 bits per heavy atom. The van der Waals surface area contributed by atoms with Gasteiger partial charge < -0.3 is 15.7 Å². The van der Waals surface area contributed by atoms with E-state index in [0.717, 1.165) is 31.1 Å². The second-order valence-corrected chi connectivity index (χ2v) is 6.71. The number of hydrogen-bond acceptors (Lipinski definition) is 2. The molecule has 2 aromatic carbocycles. The molecule has 1 unspecified atom stereocenters. The van der Waals surface area contributed by atoms with Gasteiger partial charge in [0.05, 0.1) is 17.1 Å². The number of fused-ring (bicyclic) bond motifs is 1. The third-order valence-electron chi connectivity index (χ3n) is 3.46. The fraction of sp³-hybridized carbons (Fsp3) is 0.133. The van der Waals surface area contributed by atoms with E-state index in [1.807, 2.05) is 37.3 Å². The lowest BCUT2D eigenvalue weighted by Crippen LogP contribution is -2.13. The topological polar surface area (TPSA) is 74.7 Å². The van der Waals surface area contributed by atoms with Crippen molar-refractivity contribution in [3.8, 4) is 0 Å². The van der Waals surface area contributed by atoms with Gasteiger partial charge in [-0.25, -0.2) is 4.79 Å². The Balaban J connectivity index is 2.14. The van der Waals surface area contributed by atoms with Crippen molar-refractivity contribution in [1.29, 1.82) is 0 Å². The van der Waals surface area contributed by atoms with E-state index in [9.17, 15) is 4.79 Å². The molecule has 0 aliphatic carbocycles. The Hall–Kier alpha value is -1.37. The van der Waals surface area contributed by atoms with Crippen molar-refractivity contribution in [2.75, 3.05) is 0 Å². The number of nitrogens with two attached hydrogens (primary N) is 1. The van der Waals surface area contributed by atoms with E-state index in [1.54, 1.807) is 0 Å². The van der Waals surface area contributed by atoms with Gasteiger partial charge in [-0.2, -0.15) is 0 Å². The van der Waals surface area contributed by atoms with Crippen molar-refractivity contribution in [1.82, 2.24) is 9.97 Å². The Morgan fingerprint density at radius 3 is 2.29 bits per heavy atom. The maximum Gasteiger partial charge on any atom is 0.323 e. The Kier molecular flexibility index (Phi) is 3.77. The van der Waals surface area contributed by atoms with Crippen LogP contribution in [0, 0.1) is 6.92 Å². The highest BCUT2D eigenvalue weighted by Gasteiger charge is 2.16. The third kappa shape index (κ3) is 2.71. The van der Waals surface area contributed by atoms with Gasteiger partial charge in [0, 0.05) is 8.95 Å². The zero-order chi connectivity index (χ0) is 15.1. The Bertz CT molecular complexity index is 882. The average Bonchev–Trinajstić information content (AvgIpc) is 2.76. The highest BCUT2D eigenvalue weighted by molar-refractivity contribution is 9.10. The summed E-state index contributed by atoms with van der Waals surface area (Å²) in [6, 6.07) is 9.56. The maximum absolute atomic E-state index is 11.4. The molecule has 0 amide bonds. The van der Waals surface area contributed by atoms with Crippen LogP contribution in [0.4, 0.5) is 0 Å². The first-order valence-electron chi connectivity index (χ1n) is 6.39. The number of nitrogens with one attached hydrogen (secondary N) is 2. The lowest BCUT2D eigenvalue weighted by Gasteiger charge is -2.16. The van der Waals surface area contributed by atoms with Crippen LogP contribution >= 0.6 is 31.9 Å². The number of aromatic amines is 2. The van der Waals surface area contributed by atoms with Crippen LogP contribution in [0.1, 0.15) is 22.7 Å². The molecule has 1 heterocycles. The fourth-order valence-electron chi connectivity index (χ4n) is 2.36. The second kappa shape index (κ2) is 5.44. The molecule has 1 aromatic heterocycles. The van der Waals surface area contributed by atoms with Gasteiger partial charge >= 0.3 is 5.69 Å².